The molecule has 0 N–H and O–H groups in total. The van der Waals surface area contributed by atoms with E-state index in [2.05, 4.69) is 4.98 Å². The molecule has 1 aliphatic heterocycles. The maximum Gasteiger partial charge on any atom is 0.357 e. The quantitative estimate of drug-likeness (QED) is 0.662. The fourth-order valence-corrected chi connectivity index (χ4v) is 3.96. The van der Waals surface area contributed by atoms with Crippen LogP contribution < -0.4 is 0 Å². The second-order valence-electron chi connectivity index (χ2n) is 6.33. The third-order valence-corrected chi connectivity index (χ3v) is 5.95. The lowest BCUT2D eigenvalue weighted by Gasteiger charge is -2.33. The SMILES string of the molecule is O=C(OCC(=O)N1CCN(S(=O)(=O)/C=C/c2ccccc2)CC1)c1ccccn1. The lowest BCUT2D eigenvalue weighted by Crippen LogP contribution is -2.51. The van der Waals surface area contributed by atoms with Gasteiger partial charge in [-0.25, -0.2) is 18.2 Å². The van der Waals surface area contributed by atoms with Crippen molar-refractivity contribution in [3.63, 3.8) is 0 Å². The number of piperazine rings is 1. The fraction of sp³-hybridized carbons (Fsp3) is 0.250. The van der Waals surface area contributed by atoms with Crippen LogP contribution in [0.15, 0.2) is 60.1 Å². The van der Waals surface area contributed by atoms with Gasteiger partial charge in [-0.2, -0.15) is 4.31 Å². The molecule has 152 valence electrons. The zero-order valence-corrected chi connectivity index (χ0v) is 16.5. The van der Waals surface area contributed by atoms with Crippen LogP contribution in [0.4, 0.5) is 0 Å². The Bertz CT molecular complexity index is 970. The predicted octanol–water partition coefficient (Wildman–Crippen LogP) is 1.38. The van der Waals surface area contributed by atoms with Crippen LogP contribution in [-0.2, 0) is 19.6 Å². The van der Waals surface area contributed by atoms with Gasteiger partial charge in [0, 0.05) is 37.8 Å². The largest absolute Gasteiger partial charge is 0.451 e. The van der Waals surface area contributed by atoms with Crippen LogP contribution in [0.2, 0.25) is 0 Å². The molecule has 1 aliphatic rings. The minimum atomic E-state index is -3.57. The number of pyridine rings is 1. The summed E-state index contributed by atoms with van der Waals surface area (Å²) in [5.41, 5.74) is 0.918. The molecule has 9 heteroatoms. The molecule has 1 saturated heterocycles. The number of hydrogen-bond acceptors (Lipinski definition) is 6. The number of benzene rings is 1. The number of esters is 1. The Hall–Kier alpha value is -3.04. The molecule has 1 aromatic heterocycles. The summed E-state index contributed by atoms with van der Waals surface area (Å²) in [5, 5.41) is 1.18. The van der Waals surface area contributed by atoms with Gasteiger partial charge in [-0.05, 0) is 23.8 Å². The smallest absolute Gasteiger partial charge is 0.357 e. The average molecular weight is 415 g/mol. The molecule has 1 fully saturated rings. The van der Waals surface area contributed by atoms with Crippen LogP contribution in [0.25, 0.3) is 6.08 Å². The highest BCUT2D eigenvalue weighted by atomic mass is 32.2. The molecule has 1 amide bonds. The van der Waals surface area contributed by atoms with E-state index in [1.165, 1.54) is 26.9 Å². The van der Waals surface area contributed by atoms with Crippen molar-refractivity contribution in [2.24, 2.45) is 0 Å². The molecule has 0 aliphatic carbocycles. The van der Waals surface area contributed by atoms with E-state index in [-0.39, 0.29) is 37.8 Å². The lowest BCUT2D eigenvalue weighted by molar-refractivity contribution is -0.135. The van der Waals surface area contributed by atoms with Gasteiger partial charge in [0.1, 0.15) is 5.69 Å². The highest BCUT2D eigenvalue weighted by Gasteiger charge is 2.27. The van der Waals surface area contributed by atoms with Crippen molar-refractivity contribution in [3.8, 4) is 0 Å². The van der Waals surface area contributed by atoms with Crippen molar-refractivity contribution < 1.29 is 22.7 Å². The number of ether oxygens (including phenoxy) is 1. The van der Waals surface area contributed by atoms with Crippen LogP contribution in [0, 0.1) is 0 Å². The Morgan fingerprint density at radius 1 is 1.00 bits per heavy atom. The van der Waals surface area contributed by atoms with E-state index in [1.54, 1.807) is 18.2 Å². The molecule has 0 atom stereocenters. The molecule has 2 heterocycles. The third kappa shape index (κ3) is 5.72. The highest BCUT2D eigenvalue weighted by molar-refractivity contribution is 7.92. The highest BCUT2D eigenvalue weighted by Crippen LogP contribution is 2.12. The van der Waals surface area contributed by atoms with Crippen LogP contribution in [0.5, 0.6) is 0 Å². The number of carbonyl (C=O) groups is 2. The van der Waals surface area contributed by atoms with Gasteiger partial charge in [-0.15, -0.1) is 0 Å². The Morgan fingerprint density at radius 2 is 1.69 bits per heavy atom. The molecular formula is C20H21N3O5S. The maximum atomic E-state index is 12.5. The van der Waals surface area contributed by atoms with E-state index < -0.39 is 22.6 Å². The summed E-state index contributed by atoms with van der Waals surface area (Å²) in [5.74, 6) is -1.04. The number of aromatic nitrogens is 1. The van der Waals surface area contributed by atoms with Gasteiger partial charge in [-0.1, -0.05) is 36.4 Å². The first-order valence-corrected chi connectivity index (χ1v) is 10.6. The van der Waals surface area contributed by atoms with E-state index in [9.17, 15) is 18.0 Å². The maximum absolute atomic E-state index is 12.5. The van der Waals surface area contributed by atoms with Crippen LogP contribution in [0.3, 0.4) is 0 Å². The van der Waals surface area contributed by atoms with Crippen LogP contribution >= 0.6 is 0 Å². The number of sulfonamides is 1. The number of hydrogen-bond donors (Lipinski definition) is 0. The molecule has 8 nitrogen and oxygen atoms in total. The van der Waals surface area contributed by atoms with Crippen LogP contribution in [0.1, 0.15) is 16.1 Å². The first kappa shape index (κ1) is 20.7. The van der Waals surface area contributed by atoms with Gasteiger partial charge in [0.05, 0.1) is 0 Å². The Kier molecular flexibility index (Phi) is 6.73. The van der Waals surface area contributed by atoms with Gasteiger partial charge in [0.2, 0.25) is 10.0 Å². The zero-order chi connectivity index (χ0) is 20.7. The van der Waals surface area contributed by atoms with Crippen molar-refractivity contribution in [1.29, 1.82) is 0 Å². The van der Waals surface area contributed by atoms with E-state index in [1.807, 2.05) is 30.3 Å². The Balaban J connectivity index is 1.48. The molecule has 0 unspecified atom stereocenters. The molecule has 0 saturated carbocycles. The van der Waals surface area contributed by atoms with Crippen molar-refractivity contribution in [3.05, 3.63) is 71.4 Å². The first-order chi connectivity index (χ1) is 14.0. The molecule has 0 bridgehead atoms. The van der Waals surface area contributed by atoms with E-state index in [0.29, 0.717) is 0 Å². The van der Waals surface area contributed by atoms with Gasteiger partial charge < -0.3 is 9.64 Å². The number of nitrogens with zero attached hydrogens (tertiary/aromatic N) is 3. The number of rotatable bonds is 6. The van der Waals surface area contributed by atoms with E-state index >= 15 is 0 Å². The second-order valence-corrected chi connectivity index (χ2v) is 8.15. The minimum absolute atomic E-state index is 0.126. The predicted molar refractivity (Wildman–Crippen MR) is 107 cm³/mol. The summed E-state index contributed by atoms with van der Waals surface area (Å²) in [4.78, 5) is 29.5. The van der Waals surface area contributed by atoms with Crippen molar-refractivity contribution in [1.82, 2.24) is 14.2 Å². The summed E-state index contributed by atoms with van der Waals surface area (Å²) in [6.45, 7) is 0.426. The normalized spacial score (nSPS) is 15.4. The molecule has 0 spiro atoms. The molecule has 1 aromatic carbocycles. The van der Waals surface area contributed by atoms with Crippen molar-refractivity contribution in [2.75, 3.05) is 32.8 Å². The topological polar surface area (TPSA) is 96.9 Å². The summed E-state index contributed by atoms with van der Waals surface area (Å²) in [6, 6.07) is 14.0. The van der Waals surface area contributed by atoms with Gasteiger partial charge in [0.25, 0.3) is 5.91 Å². The number of amides is 1. The summed E-state index contributed by atoms with van der Waals surface area (Å²) in [7, 11) is -3.57. The molecule has 0 radical (unpaired) electrons. The monoisotopic (exact) mass is 415 g/mol. The molecule has 3 rings (SSSR count). The van der Waals surface area contributed by atoms with Gasteiger partial charge >= 0.3 is 5.97 Å². The summed E-state index contributed by atoms with van der Waals surface area (Å²) >= 11 is 0. The van der Waals surface area contributed by atoms with Crippen molar-refractivity contribution >= 4 is 28.0 Å². The number of carbonyl (C=O) groups excluding carboxylic acids is 2. The van der Waals surface area contributed by atoms with Gasteiger partial charge in [-0.3, -0.25) is 4.79 Å². The standard InChI is InChI=1S/C20H21N3O5S/c24-19(16-28-20(25)18-8-4-5-10-21-18)22-11-13-23(14-12-22)29(26,27)15-9-17-6-2-1-3-7-17/h1-10,15H,11-14,16H2/b15-9+. The summed E-state index contributed by atoms with van der Waals surface area (Å²) < 4.78 is 31.3. The second kappa shape index (κ2) is 9.44. The summed E-state index contributed by atoms with van der Waals surface area (Å²) in [6.07, 6.45) is 3.01. The lowest BCUT2D eigenvalue weighted by atomic mass is 10.2. The average Bonchev–Trinajstić information content (AvgIpc) is 2.77. The molecule has 29 heavy (non-hydrogen) atoms. The zero-order valence-electron chi connectivity index (χ0n) is 15.7. The fourth-order valence-electron chi connectivity index (χ4n) is 2.78. The third-order valence-electron chi connectivity index (χ3n) is 4.38. The van der Waals surface area contributed by atoms with E-state index in [4.69, 9.17) is 4.74 Å². The Morgan fingerprint density at radius 3 is 2.34 bits per heavy atom. The Labute approximate surface area is 169 Å². The molecule has 2 aromatic rings. The van der Waals surface area contributed by atoms with Crippen LogP contribution in [-0.4, -0.2) is 67.3 Å². The minimum Gasteiger partial charge on any atom is -0.451 e. The van der Waals surface area contributed by atoms with Gasteiger partial charge in [0.15, 0.2) is 6.61 Å². The van der Waals surface area contributed by atoms with Crippen molar-refractivity contribution in [2.45, 2.75) is 0 Å². The molecular weight excluding hydrogens is 394 g/mol. The van der Waals surface area contributed by atoms with E-state index in [0.717, 1.165) is 5.56 Å². The first-order valence-electron chi connectivity index (χ1n) is 9.05.